The smallest absolute Gasteiger partial charge is 0.249 e. The van der Waals surface area contributed by atoms with Crippen molar-refractivity contribution >= 4 is 52.3 Å². The summed E-state index contributed by atoms with van der Waals surface area (Å²) in [6.07, 6.45) is 2.42. The Morgan fingerprint density at radius 2 is 1.72 bits per heavy atom. The average Bonchev–Trinajstić information content (AvgIpc) is 2.60. The van der Waals surface area contributed by atoms with Crippen molar-refractivity contribution in [3.63, 3.8) is 0 Å². The summed E-state index contributed by atoms with van der Waals surface area (Å²) in [7, 11) is 0. The van der Waals surface area contributed by atoms with E-state index in [1.165, 1.54) is 5.56 Å². The maximum absolute atomic E-state index is 6.00. The largest absolute Gasteiger partial charge is 0.368 e. The third-order valence-corrected chi connectivity index (χ3v) is 4.36. The zero-order chi connectivity index (χ0) is 17.6. The first-order chi connectivity index (χ1) is 12.1. The minimum atomic E-state index is 0.370. The predicted octanol–water partition coefficient (Wildman–Crippen LogP) is 5.23. The highest BCUT2D eigenvalue weighted by Gasteiger charge is 2.04. The van der Waals surface area contributed by atoms with Crippen molar-refractivity contribution in [1.29, 1.82) is 0 Å². The van der Waals surface area contributed by atoms with Crippen LogP contribution in [0.2, 0.25) is 15.1 Å². The predicted molar refractivity (Wildman–Crippen MR) is 103 cm³/mol. The topological polar surface area (TPSA) is 62.7 Å². The molecule has 0 bridgehead atoms. The van der Waals surface area contributed by atoms with Gasteiger partial charge in [-0.15, -0.1) is 5.10 Å². The lowest BCUT2D eigenvalue weighted by Gasteiger charge is -2.08. The first-order valence-electron chi connectivity index (χ1n) is 7.50. The van der Waals surface area contributed by atoms with E-state index in [1.807, 2.05) is 24.3 Å². The van der Waals surface area contributed by atoms with Gasteiger partial charge in [-0.2, -0.15) is 10.1 Å². The van der Waals surface area contributed by atoms with Crippen molar-refractivity contribution in [2.45, 2.75) is 6.42 Å². The SMILES string of the molecule is Clc1ccc(CCNc2cnnc(Nc3ccc(Cl)c(Cl)c3)n2)cc1. The van der Waals surface area contributed by atoms with E-state index in [9.17, 15) is 0 Å². The Bertz CT molecular complexity index is 855. The number of nitrogens with one attached hydrogen (secondary N) is 2. The molecule has 25 heavy (non-hydrogen) atoms. The summed E-state index contributed by atoms with van der Waals surface area (Å²) in [5.41, 5.74) is 1.92. The van der Waals surface area contributed by atoms with Gasteiger partial charge in [-0.1, -0.05) is 46.9 Å². The van der Waals surface area contributed by atoms with Crippen LogP contribution in [0.25, 0.3) is 0 Å². The van der Waals surface area contributed by atoms with Crippen LogP contribution in [0.5, 0.6) is 0 Å². The molecule has 0 fully saturated rings. The van der Waals surface area contributed by atoms with Crippen LogP contribution in [0.15, 0.2) is 48.7 Å². The maximum Gasteiger partial charge on any atom is 0.249 e. The summed E-state index contributed by atoms with van der Waals surface area (Å²) in [5, 5.41) is 15.8. The highest BCUT2D eigenvalue weighted by atomic mass is 35.5. The van der Waals surface area contributed by atoms with Gasteiger partial charge in [0.25, 0.3) is 0 Å². The van der Waals surface area contributed by atoms with Crippen molar-refractivity contribution in [2.24, 2.45) is 0 Å². The fourth-order valence-electron chi connectivity index (χ4n) is 2.13. The highest BCUT2D eigenvalue weighted by molar-refractivity contribution is 6.42. The molecule has 2 aromatic carbocycles. The molecule has 0 saturated heterocycles. The molecule has 0 aliphatic carbocycles. The number of hydrogen-bond donors (Lipinski definition) is 2. The molecule has 1 heterocycles. The summed E-state index contributed by atoms with van der Waals surface area (Å²) < 4.78 is 0. The molecule has 3 aromatic rings. The van der Waals surface area contributed by atoms with Crippen LogP contribution in [0.4, 0.5) is 17.5 Å². The summed E-state index contributed by atoms with van der Waals surface area (Å²) in [6, 6.07) is 12.9. The molecule has 0 spiro atoms. The maximum atomic E-state index is 6.00. The van der Waals surface area contributed by atoms with Crippen LogP contribution in [-0.2, 0) is 6.42 Å². The molecule has 0 radical (unpaired) electrons. The number of hydrogen-bond acceptors (Lipinski definition) is 5. The van der Waals surface area contributed by atoms with Gasteiger partial charge in [-0.25, -0.2) is 0 Å². The quantitative estimate of drug-likeness (QED) is 0.599. The van der Waals surface area contributed by atoms with E-state index in [0.29, 0.717) is 28.4 Å². The van der Waals surface area contributed by atoms with Gasteiger partial charge in [0.1, 0.15) is 0 Å². The monoisotopic (exact) mass is 393 g/mol. The number of halogens is 3. The summed E-state index contributed by atoms with van der Waals surface area (Å²) in [4.78, 5) is 4.37. The van der Waals surface area contributed by atoms with Crippen molar-refractivity contribution < 1.29 is 0 Å². The van der Waals surface area contributed by atoms with Crippen LogP contribution in [0, 0.1) is 0 Å². The molecule has 0 aliphatic rings. The highest BCUT2D eigenvalue weighted by Crippen LogP contribution is 2.26. The lowest BCUT2D eigenvalue weighted by atomic mass is 10.1. The van der Waals surface area contributed by atoms with E-state index in [0.717, 1.165) is 17.1 Å². The van der Waals surface area contributed by atoms with Crippen LogP contribution in [0.1, 0.15) is 5.56 Å². The Kier molecular flexibility index (Phi) is 5.91. The molecular formula is C17H14Cl3N5. The lowest BCUT2D eigenvalue weighted by molar-refractivity contribution is 0.950. The Morgan fingerprint density at radius 1 is 0.920 bits per heavy atom. The van der Waals surface area contributed by atoms with Gasteiger partial charge in [-0.05, 0) is 42.3 Å². The van der Waals surface area contributed by atoms with Crippen LogP contribution < -0.4 is 10.6 Å². The zero-order valence-corrected chi connectivity index (χ0v) is 15.3. The summed E-state index contributed by atoms with van der Waals surface area (Å²) in [6.45, 7) is 0.715. The average molecular weight is 395 g/mol. The Hall–Kier alpha value is -2.08. The Balaban J connectivity index is 1.59. The number of aromatic nitrogens is 3. The minimum Gasteiger partial charge on any atom is -0.368 e. The fourth-order valence-corrected chi connectivity index (χ4v) is 2.55. The minimum absolute atomic E-state index is 0.370. The van der Waals surface area contributed by atoms with E-state index < -0.39 is 0 Å². The molecule has 128 valence electrons. The second-order valence-corrected chi connectivity index (χ2v) is 6.47. The molecule has 8 heteroatoms. The van der Waals surface area contributed by atoms with E-state index in [-0.39, 0.29) is 0 Å². The molecular weight excluding hydrogens is 381 g/mol. The summed E-state index contributed by atoms with van der Waals surface area (Å²) >= 11 is 17.8. The van der Waals surface area contributed by atoms with Gasteiger partial charge >= 0.3 is 0 Å². The zero-order valence-electron chi connectivity index (χ0n) is 13.0. The standard InChI is InChI=1S/C17H14Cl3N5/c18-12-3-1-11(2-4-12)7-8-21-16-10-22-25-17(24-16)23-13-5-6-14(19)15(20)9-13/h1-6,9-10H,7-8H2,(H2,21,23,24,25). The van der Waals surface area contributed by atoms with Crippen molar-refractivity contribution in [2.75, 3.05) is 17.2 Å². The van der Waals surface area contributed by atoms with Gasteiger partial charge in [-0.3, -0.25) is 0 Å². The van der Waals surface area contributed by atoms with Gasteiger partial charge in [0.2, 0.25) is 5.95 Å². The number of anilines is 3. The van der Waals surface area contributed by atoms with E-state index in [4.69, 9.17) is 34.8 Å². The Morgan fingerprint density at radius 3 is 2.48 bits per heavy atom. The van der Waals surface area contributed by atoms with E-state index in [2.05, 4.69) is 25.8 Å². The lowest BCUT2D eigenvalue weighted by Crippen LogP contribution is -2.08. The number of rotatable bonds is 6. The normalized spacial score (nSPS) is 10.5. The molecule has 1 aromatic heterocycles. The van der Waals surface area contributed by atoms with Crippen molar-refractivity contribution in [1.82, 2.24) is 15.2 Å². The van der Waals surface area contributed by atoms with E-state index >= 15 is 0 Å². The van der Waals surface area contributed by atoms with E-state index in [1.54, 1.807) is 24.4 Å². The van der Waals surface area contributed by atoms with Gasteiger partial charge in [0.05, 0.1) is 16.2 Å². The first-order valence-corrected chi connectivity index (χ1v) is 8.64. The van der Waals surface area contributed by atoms with Crippen LogP contribution >= 0.6 is 34.8 Å². The number of nitrogens with zero attached hydrogens (tertiary/aromatic N) is 3. The van der Waals surface area contributed by atoms with Crippen molar-refractivity contribution in [3.05, 3.63) is 69.3 Å². The molecule has 5 nitrogen and oxygen atoms in total. The third-order valence-electron chi connectivity index (χ3n) is 3.37. The second kappa shape index (κ2) is 8.34. The molecule has 0 saturated carbocycles. The molecule has 0 aliphatic heterocycles. The second-order valence-electron chi connectivity index (χ2n) is 5.22. The van der Waals surface area contributed by atoms with Gasteiger partial charge in [0, 0.05) is 17.3 Å². The number of benzene rings is 2. The molecule has 0 unspecified atom stereocenters. The Labute approximate surface area is 160 Å². The van der Waals surface area contributed by atoms with Gasteiger partial charge in [0.15, 0.2) is 5.82 Å². The fraction of sp³-hybridized carbons (Fsp3) is 0.118. The molecule has 3 rings (SSSR count). The molecule has 2 N–H and O–H groups in total. The first kappa shape index (κ1) is 17.7. The molecule has 0 atom stereocenters. The van der Waals surface area contributed by atoms with Crippen molar-refractivity contribution in [3.8, 4) is 0 Å². The third kappa shape index (κ3) is 5.19. The summed E-state index contributed by atoms with van der Waals surface area (Å²) in [5.74, 6) is 1.00. The van der Waals surface area contributed by atoms with Crippen LogP contribution in [-0.4, -0.2) is 21.7 Å². The molecule has 0 amide bonds. The van der Waals surface area contributed by atoms with Gasteiger partial charge < -0.3 is 10.6 Å². The van der Waals surface area contributed by atoms with Crippen LogP contribution in [0.3, 0.4) is 0 Å².